The molecule has 2 rings (SSSR count). The summed E-state index contributed by atoms with van der Waals surface area (Å²) in [6.45, 7) is 28.4. The number of hydrogen-bond donors (Lipinski definition) is 0. The van der Waals surface area contributed by atoms with Crippen LogP contribution in [0.1, 0.15) is 163 Å². The molecular weight excluding hydrogens is 542 g/mol. The van der Waals surface area contributed by atoms with Crippen LogP contribution < -0.4 is 0 Å². The van der Waals surface area contributed by atoms with E-state index in [0.29, 0.717) is 61.8 Å². The van der Waals surface area contributed by atoms with Crippen LogP contribution in [0.2, 0.25) is 0 Å². The van der Waals surface area contributed by atoms with Crippen LogP contribution in [0.4, 0.5) is 0 Å². The third-order valence-electron chi connectivity index (χ3n) is 6.99. The van der Waals surface area contributed by atoms with Gasteiger partial charge in [-0.3, -0.25) is 0 Å². The normalized spacial score (nSPS) is 12.4. The zero-order valence-electron chi connectivity index (χ0n) is 24.0. The van der Waals surface area contributed by atoms with E-state index in [4.69, 9.17) is 0 Å². The monoisotopic (exact) mass is 594 g/mol. The third kappa shape index (κ3) is 7.49. The predicted octanol–water partition coefficient (Wildman–Crippen LogP) is 9.45. The molecule has 0 bridgehead atoms. The van der Waals surface area contributed by atoms with Crippen LogP contribution in [0.3, 0.4) is 0 Å². The van der Waals surface area contributed by atoms with E-state index in [1.807, 2.05) is 0 Å². The summed E-state index contributed by atoms with van der Waals surface area (Å²) in [6.07, 6.45) is 0. The Bertz CT molecular complexity index is 797. The Labute approximate surface area is 223 Å². The Morgan fingerprint density at radius 1 is 0.412 bits per heavy atom. The number of rotatable bonds is 11. The van der Waals surface area contributed by atoms with Crippen LogP contribution in [0.25, 0.3) is 0 Å². The zero-order valence-corrected chi connectivity index (χ0v) is 27.4. The van der Waals surface area contributed by atoms with Gasteiger partial charge in [0.25, 0.3) is 0 Å². The van der Waals surface area contributed by atoms with Gasteiger partial charge in [-0.1, -0.05) is 0 Å². The minimum atomic E-state index is 0.594. The molecule has 0 spiro atoms. The van der Waals surface area contributed by atoms with Crippen LogP contribution >= 0.6 is 0 Å². The molecule has 0 atom stereocenters. The van der Waals surface area contributed by atoms with Gasteiger partial charge in [0.15, 0.2) is 0 Å². The summed E-state index contributed by atoms with van der Waals surface area (Å²) in [4.78, 5) is 0. The van der Waals surface area contributed by atoms with E-state index < -0.39 is 0 Å². The summed E-state index contributed by atoms with van der Waals surface area (Å²) < 4.78 is 0. The fraction of sp³-hybridized carbons (Fsp3) is 0.625. The van der Waals surface area contributed by atoms with E-state index >= 15 is 0 Å². The molecule has 0 fully saturated rings. The Morgan fingerprint density at radius 2 is 0.647 bits per heavy atom. The van der Waals surface area contributed by atoms with Crippen LogP contribution in [-0.2, 0) is 10.6 Å². The van der Waals surface area contributed by atoms with Gasteiger partial charge in [0, 0.05) is 0 Å². The van der Waals surface area contributed by atoms with Crippen LogP contribution in [-0.4, -0.2) is 26.3 Å². The molecule has 0 aliphatic carbocycles. The molecule has 2 aromatic carbocycles. The van der Waals surface area contributed by atoms with Crippen molar-refractivity contribution < 1.29 is 0 Å². The molecule has 0 amide bonds. The van der Waals surface area contributed by atoms with Crippen LogP contribution in [0.15, 0.2) is 24.3 Å². The van der Waals surface area contributed by atoms with Crippen LogP contribution in [0, 0.1) is 0 Å². The first-order valence-corrected chi connectivity index (χ1v) is 20.2. The maximum absolute atomic E-state index is 2.53. The van der Waals surface area contributed by atoms with Crippen molar-refractivity contribution in [2.24, 2.45) is 0 Å². The summed E-state index contributed by atoms with van der Waals surface area (Å²) in [6, 6.07) is 10.1. The Morgan fingerprint density at radius 3 is 0.824 bits per heavy atom. The summed E-state index contributed by atoms with van der Waals surface area (Å²) >= 11 is 1.36. The fourth-order valence-corrected chi connectivity index (χ4v) is 11.4. The second kappa shape index (κ2) is 13.1. The minimum absolute atomic E-state index is 0.594. The molecule has 34 heavy (non-hydrogen) atoms. The average Bonchev–Trinajstić information content (AvgIpc) is 2.75. The first-order chi connectivity index (χ1) is 15.8. The molecule has 2 aromatic rings. The summed E-state index contributed by atoms with van der Waals surface area (Å²) in [5.41, 5.74) is 12.8. The number of hydrogen-bond acceptors (Lipinski definition) is 0. The van der Waals surface area contributed by atoms with Gasteiger partial charge in [0.05, 0.1) is 0 Å². The van der Waals surface area contributed by atoms with E-state index in [-0.39, 0.29) is 0 Å². The molecule has 0 N–H and O–H groups in total. The molecule has 190 valence electrons. The van der Waals surface area contributed by atoms with Crippen molar-refractivity contribution in [3.8, 4) is 0 Å². The molecule has 0 nitrogen and oxygen atoms in total. The van der Waals surface area contributed by atoms with Crippen molar-refractivity contribution in [2.75, 3.05) is 0 Å². The molecule has 0 saturated heterocycles. The van der Waals surface area contributed by atoms with Crippen molar-refractivity contribution in [1.29, 1.82) is 0 Å². The van der Waals surface area contributed by atoms with E-state index in [0.717, 1.165) is 0 Å². The fourth-order valence-electron chi connectivity index (χ4n) is 4.75. The Kier molecular flexibility index (Phi) is 11.5. The Hall–Kier alpha value is -0.521. The molecule has 0 saturated carbocycles. The van der Waals surface area contributed by atoms with Gasteiger partial charge in [-0.2, -0.15) is 0 Å². The number of benzene rings is 2. The zero-order chi connectivity index (χ0) is 25.7. The summed E-state index contributed by atoms with van der Waals surface area (Å²) in [7, 11) is 0. The van der Waals surface area contributed by atoms with Gasteiger partial charge < -0.3 is 0 Å². The van der Waals surface area contributed by atoms with Gasteiger partial charge in [-0.15, -0.1) is 0 Å². The predicted molar refractivity (Wildman–Crippen MR) is 156 cm³/mol. The standard InChI is InChI=1S/C32H50Se2/c1-19(2)25-13-27(21(5)6)31(28(14-25)22(7)8)17-33-34-18-32-29(23(9)10)15-26(20(3)4)16-30(32)24(11)12/h13-16,19-24H,17-18H2,1-12H3. The van der Waals surface area contributed by atoms with Gasteiger partial charge >= 0.3 is 224 Å². The van der Waals surface area contributed by atoms with E-state index in [1.165, 1.54) is 21.8 Å². The summed E-state index contributed by atoms with van der Waals surface area (Å²) in [5, 5.41) is 2.59. The van der Waals surface area contributed by atoms with Crippen LogP contribution in [0.5, 0.6) is 0 Å². The van der Waals surface area contributed by atoms with Gasteiger partial charge in [-0.05, 0) is 0 Å². The SMILES string of the molecule is CC(C)c1cc(C(C)C)c(C[Se][Se]Cc2c(C(C)C)cc(C(C)C)cc2C(C)C)c(C(C)C)c1. The van der Waals surface area contributed by atoms with Gasteiger partial charge in [-0.25, -0.2) is 0 Å². The molecule has 2 heteroatoms. The van der Waals surface area contributed by atoms with Gasteiger partial charge in [0.1, 0.15) is 0 Å². The molecule has 0 unspecified atom stereocenters. The quantitative estimate of drug-likeness (QED) is 0.180. The molecule has 0 aromatic heterocycles. The second-order valence-electron chi connectivity index (χ2n) is 11.8. The van der Waals surface area contributed by atoms with Crippen molar-refractivity contribution in [2.45, 2.75) is 129 Å². The molecule has 0 heterocycles. The third-order valence-corrected chi connectivity index (χ3v) is 13.4. The molecule has 0 aliphatic heterocycles. The first kappa shape index (κ1) is 29.7. The second-order valence-corrected chi connectivity index (χ2v) is 19.1. The van der Waals surface area contributed by atoms with Crippen molar-refractivity contribution in [3.05, 3.63) is 68.8 Å². The maximum atomic E-state index is 2.53. The molecule has 0 radical (unpaired) electrons. The molecule has 0 aliphatic rings. The van der Waals surface area contributed by atoms with E-state index in [2.05, 4.69) is 107 Å². The van der Waals surface area contributed by atoms with E-state index in [9.17, 15) is 0 Å². The topological polar surface area (TPSA) is 0 Å². The molecular formula is C32H50Se2. The van der Waals surface area contributed by atoms with E-state index in [1.54, 1.807) is 33.4 Å². The van der Waals surface area contributed by atoms with Crippen molar-refractivity contribution in [3.63, 3.8) is 0 Å². The summed E-state index contributed by atoms with van der Waals surface area (Å²) in [5.74, 6) is 3.57. The van der Waals surface area contributed by atoms with Gasteiger partial charge in [0.2, 0.25) is 0 Å². The Balaban J connectivity index is 2.32. The first-order valence-electron chi connectivity index (χ1n) is 13.4. The van der Waals surface area contributed by atoms with Crippen molar-refractivity contribution >= 4 is 26.3 Å². The average molecular weight is 593 g/mol. The van der Waals surface area contributed by atoms with Crippen molar-refractivity contribution in [1.82, 2.24) is 0 Å².